The number of nitrogens with zero attached hydrogens (tertiary/aromatic N) is 3. The minimum Gasteiger partial charge on any atom is -0.351 e. The summed E-state index contributed by atoms with van der Waals surface area (Å²) < 4.78 is 4.70. The molecule has 0 aliphatic heterocycles. The Hall–Kier alpha value is -2.21. The molecule has 0 radical (unpaired) electrons. The van der Waals surface area contributed by atoms with Gasteiger partial charge in [0.25, 0.3) is 0 Å². The van der Waals surface area contributed by atoms with Crippen LogP contribution in [0.3, 0.4) is 0 Å². The summed E-state index contributed by atoms with van der Waals surface area (Å²) in [5, 5.41) is 6.68. The number of nitrogens with one attached hydrogen (secondary N) is 1. The zero-order chi connectivity index (χ0) is 14.5. The fourth-order valence-corrected chi connectivity index (χ4v) is 1.64. The van der Waals surface area contributed by atoms with Gasteiger partial charge in [0.15, 0.2) is 0 Å². The molecule has 1 aromatic heterocycles. The highest BCUT2D eigenvalue weighted by molar-refractivity contribution is 5.81. The van der Waals surface area contributed by atoms with E-state index in [-0.39, 0.29) is 11.9 Å². The number of hydrogen-bond acceptors (Lipinski definition) is 5. The number of carbonyl (C=O) groups is 1. The Bertz CT molecular complexity index is 549. The first-order valence-corrected chi connectivity index (χ1v) is 6.37. The molecule has 1 aromatic carbocycles. The Morgan fingerprint density at radius 1 is 1.35 bits per heavy atom. The third-order valence-electron chi connectivity index (χ3n) is 3.19. The van der Waals surface area contributed by atoms with E-state index in [4.69, 9.17) is 4.52 Å². The summed E-state index contributed by atoms with van der Waals surface area (Å²) >= 11 is 0. The van der Waals surface area contributed by atoms with Crippen LogP contribution in [0.25, 0.3) is 11.4 Å². The lowest BCUT2D eigenvalue weighted by atomic mass is 10.1. The van der Waals surface area contributed by atoms with Gasteiger partial charge in [-0.3, -0.25) is 9.69 Å². The van der Waals surface area contributed by atoms with Crippen LogP contribution in [0, 0.1) is 0 Å². The summed E-state index contributed by atoms with van der Waals surface area (Å²) in [5.41, 5.74) is 1.91. The van der Waals surface area contributed by atoms with Gasteiger partial charge in [-0.2, -0.15) is 4.98 Å². The van der Waals surface area contributed by atoms with Gasteiger partial charge in [-0.25, -0.2) is 0 Å². The Kier molecular flexibility index (Phi) is 4.47. The molecule has 1 unspecified atom stereocenters. The second-order valence-electron chi connectivity index (χ2n) is 4.81. The number of carbonyl (C=O) groups excluding carboxylic acids is 1. The van der Waals surface area contributed by atoms with Crippen LogP contribution in [0.15, 0.2) is 35.2 Å². The van der Waals surface area contributed by atoms with Gasteiger partial charge < -0.3 is 9.84 Å². The van der Waals surface area contributed by atoms with Crippen molar-refractivity contribution in [1.29, 1.82) is 0 Å². The smallest absolute Gasteiger partial charge is 0.237 e. The molecule has 1 heterocycles. The predicted molar refractivity (Wildman–Crippen MR) is 74.7 cm³/mol. The molecule has 0 spiro atoms. The van der Waals surface area contributed by atoms with Crippen molar-refractivity contribution in [1.82, 2.24) is 20.4 Å². The third-order valence-corrected chi connectivity index (χ3v) is 3.19. The van der Waals surface area contributed by atoms with Crippen molar-refractivity contribution in [2.45, 2.75) is 19.5 Å². The summed E-state index contributed by atoms with van der Waals surface area (Å²) in [5.74, 6) is 0.569. The van der Waals surface area contributed by atoms with Crippen LogP contribution in [0.2, 0.25) is 0 Å². The molecule has 2 rings (SSSR count). The van der Waals surface area contributed by atoms with Crippen molar-refractivity contribution in [3.8, 4) is 11.4 Å². The Labute approximate surface area is 117 Å². The highest BCUT2D eigenvalue weighted by Crippen LogP contribution is 2.14. The molecule has 6 heteroatoms. The van der Waals surface area contributed by atoms with Gasteiger partial charge in [-0.05, 0) is 26.6 Å². The zero-order valence-electron chi connectivity index (χ0n) is 11.8. The maximum absolute atomic E-state index is 11.8. The van der Waals surface area contributed by atoms with Crippen LogP contribution in [0.5, 0.6) is 0 Å². The average Bonchev–Trinajstić information content (AvgIpc) is 2.98. The standard InChI is InChI=1S/C14H18N4O2/c1-10(18(2)3)14(19)15-8-11-4-6-12(7-5-11)13-16-9-20-17-13/h4-7,9-10H,8H2,1-3H3,(H,15,19). The van der Waals surface area contributed by atoms with E-state index in [1.165, 1.54) is 6.39 Å². The van der Waals surface area contributed by atoms with Gasteiger partial charge >= 0.3 is 0 Å². The van der Waals surface area contributed by atoms with Crippen molar-refractivity contribution in [3.05, 3.63) is 36.2 Å². The second-order valence-corrected chi connectivity index (χ2v) is 4.81. The largest absolute Gasteiger partial charge is 0.351 e. The Morgan fingerprint density at radius 3 is 2.60 bits per heavy atom. The summed E-state index contributed by atoms with van der Waals surface area (Å²) in [6, 6.07) is 7.54. The molecule has 1 atom stereocenters. The van der Waals surface area contributed by atoms with Crippen LogP contribution >= 0.6 is 0 Å². The van der Waals surface area contributed by atoms with Crippen molar-refractivity contribution >= 4 is 5.91 Å². The molecule has 2 aromatic rings. The van der Waals surface area contributed by atoms with Crippen molar-refractivity contribution in [2.75, 3.05) is 14.1 Å². The molecule has 0 fully saturated rings. The molecule has 106 valence electrons. The lowest BCUT2D eigenvalue weighted by Crippen LogP contribution is -2.41. The van der Waals surface area contributed by atoms with Crippen LogP contribution in [0.1, 0.15) is 12.5 Å². The second kappa shape index (κ2) is 6.29. The molecular formula is C14H18N4O2. The predicted octanol–water partition coefficient (Wildman–Crippen LogP) is 1.30. The number of benzene rings is 1. The zero-order valence-corrected chi connectivity index (χ0v) is 11.8. The summed E-state index contributed by atoms with van der Waals surface area (Å²) in [6.07, 6.45) is 1.30. The van der Waals surface area contributed by atoms with E-state index in [9.17, 15) is 4.79 Å². The quantitative estimate of drug-likeness (QED) is 0.890. The summed E-state index contributed by atoms with van der Waals surface area (Å²) in [6.45, 7) is 2.37. The maximum atomic E-state index is 11.8. The van der Waals surface area contributed by atoms with Crippen molar-refractivity contribution in [3.63, 3.8) is 0 Å². The Morgan fingerprint density at radius 2 is 2.05 bits per heavy atom. The third kappa shape index (κ3) is 3.42. The van der Waals surface area contributed by atoms with E-state index in [2.05, 4.69) is 15.5 Å². The van der Waals surface area contributed by atoms with E-state index in [0.717, 1.165) is 11.1 Å². The van der Waals surface area contributed by atoms with Crippen LogP contribution in [-0.2, 0) is 11.3 Å². The first-order valence-electron chi connectivity index (χ1n) is 6.37. The first-order chi connectivity index (χ1) is 9.58. The van der Waals surface area contributed by atoms with E-state index >= 15 is 0 Å². The molecule has 6 nitrogen and oxygen atoms in total. The number of likely N-dealkylation sites (N-methyl/N-ethyl adjacent to an activating group) is 1. The molecule has 0 aliphatic rings. The van der Waals surface area contributed by atoms with E-state index in [1.54, 1.807) is 0 Å². The van der Waals surface area contributed by atoms with Crippen LogP contribution in [0.4, 0.5) is 0 Å². The number of aromatic nitrogens is 2. The SMILES string of the molecule is CC(C(=O)NCc1ccc(-c2ncon2)cc1)N(C)C. The molecule has 0 aliphatic carbocycles. The van der Waals surface area contributed by atoms with Gasteiger partial charge in [0, 0.05) is 12.1 Å². The van der Waals surface area contributed by atoms with E-state index in [0.29, 0.717) is 12.4 Å². The van der Waals surface area contributed by atoms with Gasteiger partial charge in [0.05, 0.1) is 6.04 Å². The fourth-order valence-electron chi connectivity index (χ4n) is 1.64. The van der Waals surface area contributed by atoms with Gasteiger partial charge in [0.2, 0.25) is 18.1 Å². The first kappa shape index (κ1) is 14.2. The molecule has 1 N–H and O–H groups in total. The lowest BCUT2D eigenvalue weighted by Gasteiger charge is -2.18. The minimum absolute atomic E-state index is 0.0113. The topological polar surface area (TPSA) is 71.3 Å². The van der Waals surface area contributed by atoms with Gasteiger partial charge in [0.1, 0.15) is 0 Å². The molecule has 0 saturated carbocycles. The van der Waals surface area contributed by atoms with Gasteiger partial charge in [-0.1, -0.05) is 29.4 Å². The number of amides is 1. The number of rotatable bonds is 5. The van der Waals surface area contributed by atoms with Crippen molar-refractivity contribution < 1.29 is 9.32 Å². The average molecular weight is 274 g/mol. The van der Waals surface area contributed by atoms with Gasteiger partial charge in [-0.15, -0.1) is 0 Å². The lowest BCUT2D eigenvalue weighted by molar-refractivity contribution is -0.125. The number of hydrogen-bond donors (Lipinski definition) is 1. The molecule has 0 bridgehead atoms. The van der Waals surface area contributed by atoms with Crippen LogP contribution in [-0.4, -0.2) is 41.1 Å². The van der Waals surface area contributed by atoms with Crippen LogP contribution < -0.4 is 5.32 Å². The molecule has 20 heavy (non-hydrogen) atoms. The van der Waals surface area contributed by atoms with Crippen molar-refractivity contribution in [2.24, 2.45) is 0 Å². The molecule has 0 saturated heterocycles. The van der Waals surface area contributed by atoms with E-state index < -0.39 is 0 Å². The summed E-state index contributed by atoms with van der Waals surface area (Å²) in [4.78, 5) is 17.7. The molecule has 1 amide bonds. The highest BCUT2D eigenvalue weighted by atomic mass is 16.5. The minimum atomic E-state index is -0.145. The fraction of sp³-hybridized carbons (Fsp3) is 0.357. The molecular weight excluding hydrogens is 256 g/mol. The highest BCUT2D eigenvalue weighted by Gasteiger charge is 2.14. The van der Waals surface area contributed by atoms with E-state index in [1.807, 2.05) is 50.2 Å². The summed E-state index contributed by atoms with van der Waals surface area (Å²) in [7, 11) is 3.76. The normalized spacial score (nSPS) is 12.4. The maximum Gasteiger partial charge on any atom is 0.237 e. The monoisotopic (exact) mass is 274 g/mol. The Balaban J connectivity index is 1.93.